The van der Waals surface area contributed by atoms with E-state index in [0.29, 0.717) is 5.56 Å². The van der Waals surface area contributed by atoms with E-state index in [1.165, 1.54) is 19.2 Å². The van der Waals surface area contributed by atoms with Gasteiger partial charge in [-0.3, -0.25) is 4.79 Å². The van der Waals surface area contributed by atoms with Crippen molar-refractivity contribution >= 4 is 5.91 Å². The third kappa shape index (κ3) is 3.90. The Morgan fingerprint density at radius 1 is 1.48 bits per heavy atom. The summed E-state index contributed by atoms with van der Waals surface area (Å²) in [5, 5.41) is 21.8. The molecule has 1 aliphatic heterocycles. The molecule has 0 bridgehead atoms. The second-order valence-electron chi connectivity index (χ2n) is 4.92. The molecular weight excluding hydrogens is 281 g/mol. The molecule has 0 aliphatic carbocycles. The number of halogens is 1. The second-order valence-corrected chi connectivity index (χ2v) is 4.92. The molecule has 1 fully saturated rings. The Balaban J connectivity index is 1.94. The Labute approximate surface area is 121 Å². The SMILES string of the molecule is COc1ccc(CC(=O)N[C@@H]2COC[C@@H](O)[C@H]2O)cc1F. The summed E-state index contributed by atoms with van der Waals surface area (Å²) in [6.45, 7) is 0.165. The lowest BCUT2D eigenvalue weighted by Gasteiger charge is -2.32. The van der Waals surface area contributed by atoms with Crippen LogP contribution in [0.25, 0.3) is 0 Å². The fourth-order valence-electron chi connectivity index (χ4n) is 2.17. The minimum atomic E-state index is -1.07. The van der Waals surface area contributed by atoms with Crippen molar-refractivity contribution in [3.63, 3.8) is 0 Å². The third-order valence-electron chi connectivity index (χ3n) is 3.32. The van der Waals surface area contributed by atoms with Crippen LogP contribution in [0.5, 0.6) is 5.75 Å². The molecule has 1 saturated heterocycles. The minimum absolute atomic E-state index is 0.0389. The van der Waals surface area contributed by atoms with Crippen LogP contribution < -0.4 is 10.1 Å². The number of ether oxygens (including phenoxy) is 2. The number of hydrogen-bond acceptors (Lipinski definition) is 5. The average Bonchev–Trinajstić information content (AvgIpc) is 2.44. The quantitative estimate of drug-likeness (QED) is 0.705. The van der Waals surface area contributed by atoms with Crippen LogP contribution in [-0.4, -0.2) is 54.7 Å². The Morgan fingerprint density at radius 3 is 2.90 bits per heavy atom. The molecule has 1 aromatic rings. The lowest BCUT2D eigenvalue weighted by Crippen LogP contribution is -2.56. The Bertz CT molecular complexity index is 510. The lowest BCUT2D eigenvalue weighted by molar-refractivity contribution is -0.131. The van der Waals surface area contributed by atoms with Gasteiger partial charge in [-0.05, 0) is 17.7 Å². The van der Waals surface area contributed by atoms with E-state index in [0.717, 1.165) is 0 Å². The molecule has 3 atom stereocenters. The van der Waals surface area contributed by atoms with Gasteiger partial charge in [0.25, 0.3) is 0 Å². The highest BCUT2D eigenvalue weighted by molar-refractivity contribution is 5.79. The molecule has 0 unspecified atom stereocenters. The first-order valence-corrected chi connectivity index (χ1v) is 6.57. The number of benzene rings is 1. The molecule has 3 N–H and O–H groups in total. The van der Waals surface area contributed by atoms with E-state index >= 15 is 0 Å². The summed E-state index contributed by atoms with van der Waals surface area (Å²) in [5.41, 5.74) is 0.484. The first kappa shape index (κ1) is 15.7. The van der Waals surface area contributed by atoms with Crippen molar-refractivity contribution in [3.05, 3.63) is 29.6 Å². The fourth-order valence-corrected chi connectivity index (χ4v) is 2.17. The third-order valence-corrected chi connectivity index (χ3v) is 3.32. The average molecular weight is 299 g/mol. The van der Waals surface area contributed by atoms with Gasteiger partial charge in [0.05, 0.1) is 32.8 Å². The smallest absolute Gasteiger partial charge is 0.224 e. The van der Waals surface area contributed by atoms with Gasteiger partial charge in [-0.15, -0.1) is 0 Å². The summed E-state index contributed by atoms with van der Waals surface area (Å²) in [7, 11) is 1.36. The van der Waals surface area contributed by atoms with E-state index in [1.54, 1.807) is 6.07 Å². The Hall–Kier alpha value is -1.70. The molecule has 21 heavy (non-hydrogen) atoms. The zero-order chi connectivity index (χ0) is 15.4. The Morgan fingerprint density at radius 2 is 2.24 bits per heavy atom. The summed E-state index contributed by atoms with van der Waals surface area (Å²) in [5.74, 6) is -0.820. The second kappa shape index (κ2) is 6.84. The van der Waals surface area contributed by atoms with Gasteiger partial charge < -0.3 is 25.0 Å². The molecule has 1 aromatic carbocycles. The minimum Gasteiger partial charge on any atom is -0.494 e. The van der Waals surface area contributed by atoms with Gasteiger partial charge in [0.15, 0.2) is 11.6 Å². The van der Waals surface area contributed by atoms with E-state index in [-0.39, 0.29) is 31.3 Å². The summed E-state index contributed by atoms with van der Waals surface area (Å²) < 4.78 is 23.4. The van der Waals surface area contributed by atoms with Crippen molar-refractivity contribution in [2.75, 3.05) is 20.3 Å². The number of aliphatic hydroxyl groups excluding tert-OH is 2. The normalized spacial score (nSPS) is 25.4. The summed E-state index contributed by atoms with van der Waals surface area (Å²) in [4.78, 5) is 11.9. The molecule has 0 spiro atoms. The standard InChI is InChI=1S/C14H18FNO5/c1-20-12-3-2-8(4-9(12)15)5-13(18)16-10-6-21-7-11(17)14(10)19/h2-4,10-11,14,17,19H,5-7H2,1H3,(H,16,18)/t10-,11-,14+/m1/s1. The Kier molecular flexibility index (Phi) is 5.11. The number of nitrogens with one attached hydrogen (secondary N) is 1. The predicted molar refractivity (Wildman–Crippen MR) is 71.4 cm³/mol. The zero-order valence-electron chi connectivity index (χ0n) is 11.6. The van der Waals surface area contributed by atoms with Gasteiger partial charge in [0.2, 0.25) is 5.91 Å². The van der Waals surface area contributed by atoms with Gasteiger partial charge >= 0.3 is 0 Å². The number of amides is 1. The van der Waals surface area contributed by atoms with Crippen molar-refractivity contribution < 1.29 is 28.9 Å². The molecule has 1 aliphatic rings. The summed E-state index contributed by atoms with van der Waals surface area (Å²) >= 11 is 0. The molecule has 0 aromatic heterocycles. The van der Waals surface area contributed by atoms with Gasteiger partial charge in [0, 0.05) is 0 Å². The molecule has 7 heteroatoms. The fraction of sp³-hybridized carbons (Fsp3) is 0.500. The first-order chi connectivity index (χ1) is 10.0. The highest BCUT2D eigenvalue weighted by Crippen LogP contribution is 2.18. The van der Waals surface area contributed by atoms with Gasteiger partial charge in [0.1, 0.15) is 12.2 Å². The zero-order valence-corrected chi connectivity index (χ0v) is 11.6. The van der Waals surface area contributed by atoms with Gasteiger partial charge in [-0.1, -0.05) is 6.07 Å². The van der Waals surface area contributed by atoms with E-state index in [9.17, 15) is 19.4 Å². The van der Waals surface area contributed by atoms with Crippen LogP contribution in [0.15, 0.2) is 18.2 Å². The number of carbonyl (C=O) groups excluding carboxylic acids is 1. The van der Waals surface area contributed by atoms with E-state index in [4.69, 9.17) is 9.47 Å². The maximum atomic E-state index is 13.5. The van der Waals surface area contributed by atoms with Crippen LogP contribution in [0.2, 0.25) is 0 Å². The maximum absolute atomic E-state index is 13.5. The monoisotopic (exact) mass is 299 g/mol. The molecule has 116 valence electrons. The lowest BCUT2D eigenvalue weighted by atomic mass is 10.0. The van der Waals surface area contributed by atoms with Crippen molar-refractivity contribution in [1.29, 1.82) is 0 Å². The highest BCUT2D eigenvalue weighted by Gasteiger charge is 2.32. The maximum Gasteiger partial charge on any atom is 0.224 e. The van der Waals surface area contributed by atoms with Crippen LogP contribution in [0.1, 0.15) is 5.56 Å². The highest BCUT2D eigenvalue weighted by atomic mass is 19.1. The molecule has 1 amide bonds. The molecule has 6 nitrogen and oxygen atoms in total. The predicted octanol–water partition coefficient (Wildman–Crippen LogP) is -0.386. The van der Waals surface area contributed by atoms with Crippen LogP contribution >= 0.6 is 0 Å². The van der Waals surface area contributed by atoms with Crippen molar-refractivity contribution in [2.24, 2.45) is 0 Å². The number of carbonyl (C=O) groups is 1. The largest absolute Gasteiger partial charge is 0.494 e. The molecule has 2 rings (SSSR count). The summed E-state index contributed by atoms with van der Waals surface area (Å²) in [6.07, 6.45) is -2.14. The van der Waals surface area contributed by atoms with Crippen LogP contribution in [0.3, 0.4) is 0 Å². The molecular formula is C14H18FNO5. The molecule has 0 saturated carbocycles. The van der Waals surface area contributed by atoms with E-state index < -0.39 is 24.1 Å². The number of aliphatic hydroxyl groups is 2. The van der Waals surface area contributed by atoms with Crippen molar-refractivity contribution in [3.8, 4) is 5.75 Å². The summed E-state index contributed by atoms with van der Waals surface area (Å²) in [6, 6.07) is 3.58. The van der Waals surface area contributed by atoms with Crippen LogP contribution in [-0.2, 0) is 16.0 Å². The number of hydrogen-bond donors (Lipinski definition) is 3. The van der Waals surface area contributed by atoms with Crippen molar-refractivity contribution in [1.82, 2.24) is 5.32 Å². The molecule has 1 heterocycles. The van der Waals surface area contributed by atoms with Crippen molar-refractivity contribution in [2.45, 2.75) is 24.7 Å². The number of methoxy groups -OCH3 is 1. The van der Waals surface area contributed by atoms with Gasteiger partial charge in [-0.2, -0.15) is 0 Å². The van der Waals surface area contributed by atoms with E-state index in [2.05, 4.69) is 5.32 Å². The topological polar surface area (TPSA) is 88.0 Å². The molecule has 0 radical (unpaired) electrons. The van der Waals surface area contributed by atoms with Gasteiger partial charge in [-0.25, -0.2) is 4.39 Å². The van der Waals surface area contributed by atoms with Crippen LogP contribution in [0.4, 0.5) is 4.39 Å². The first-order valence-electron chi connectivity index (χ1n) is 6.57. The van der Waals surface area contributed by atoms with E-state index in [1.807, 2.05) is 0 Å². The number of rotatable bonds is 4. The van der Waals surface area contributed by atoms with Crippen LogP contribution in [0, 0.1) is 5.82 Å².